The van der Waals surface area contributed by atoms with E-state index in [0.717, 1.165) is 6.07 Å². The summed E-state index contributed by atoms with van der Waals surface area (Å²) >= 11 is 0. The van der Waals surface area contributed by atoms with Gasteiger partial charge in [-0.3, -0.25) is 4.72 Å². The summed E-state index contributed by atoms with van der Waals surface area (Å²) in [5.74, 6) is -0.297. The number of benzene rings is 1. The van der Waals surface area contributed by atoms with E-state index in [9.17, 15) is 12.8 Å². The molecular formula is C14H11FN4O2S. The van der Waals surface area contributed by atoms with Crippen LogP contribution in [-0.2, 0) is 10.0 Å². The van der Waals surface area contributed by atoms with Crippen LogP contribution < -0.4 is 4.72 Å². The molecule has 0 saturated carbocycles. The summed E-state index contributed by atoms with van der Waals surface area (Å²) in [5.41, 5.74) is 0.246. The molecule has 0 aliphatic carbocycles. The van der Waals surface area contributed by atoms with Crippen molar-refractivity contribution < 1.29 is 12.8 Å². The molecule has 2 heterocycles. The summed E-state index contributed by atoms with van der Waals surface area (Å²) in [6.07, 6.45) is 4.72. The Morgan fingerprint density at radius 1 is 1.09 bits per heavy atom. The Morgan fingerprint density at radius 3 is 2.68 bits per heavy atom. The molecular weight excluding hydrogens is 307 g/mol. The fraction of sp³-hybridized carbons (Fsp3) is 0. The summed E-state index contributed by atoms with van der Waals surface area (Å²) in [7, 11) is -3.92. The predicted octanol–water partition coefficient (Wildman–Crippen LogP) is 2.21. The first-order valence-electron chi connectivity index (χ1n) is 6.30. The first-order chi connectivity index (χ1) is 10.6. The lowest BCUT2D eigenvalue weighted by Crippen LogP contribution is -2.15. The Labute approximate surface area is 126 Å². The van der Waals surface area contributed by atoms with Gasteiger partial charge in [-0.25, -0.2) is 22.5 Å². The van der Waals surface area contributed by atoms with E-state index in [1.54, 1.807) is 30.6 Å². The normalized spacial score (nSPS) is 11.3. The summed E-state index contributed by atoms with van der Waals surface area (Å²) in [4.78, 5) is 3.95. The molecule has 0 radical (unpaired) electrons. The van der Waals surface area contributed by atoms with Crippen molar-refractivity contribution in [1.29, 1.82) is 0 Å². The van der Waals surface area contributed by atoms with Gasteiger partial charge in [-0.2, -0.15) is 5.10 Å². The molecule has 0 bridgehead atoms. The SMILES string of the molecule is O=S(=O)(Nc1cccnc1-n1cccn1)c1cccc(F)c1. The van der Waals surface area contributed by atoms with Crippen LogP contribution in [0.4, 0.5) is 10.1 Å². The van der Waals surface area contributed by atoms with Crippen molar-refractivity contribution in [2.24, 2.45) is 0 Å². The van der Waals surface area contributed by atoms with Crippen molar-refractivity contribution in [3.05, 3.63) is 66.9 Å². The maximum absolute atomic E-state index is 13.2. The van der Waals surface area contributed by atoms with E-state index in [0.29, 0.717) is 5.82 Å². The van der Waals surface area contributed by atoms with Crippen LogP contribution in [0.5, 0.6) is 0 Å². The van der Waals surface area contributed by atoms with Crippen molar-refractivity contribution >= 4 is 15.7 Å². The Morgan fingerprint density at radius 2 is 1.95 bits per heavy atom. The van der Waals surface area contributed by atoms with E-state index in [-0.39, 0.29) is 10.6 Å². The van der Waals surface area contributed by atoms with E-state index < -0.39 is 15.8 Å². The molecule has 0 spiro atoms. The Bertz CT molecular complexity index is 895. The van der Waals surface area contributed by atoms with Crippen molar-refractivity contribution in [3.8, 4) is 5.82 Å². The van der Waals surface area contributed by atoms with Crippen molar-refractivity contribution in [3.63, 3.8) is 0 Å². The third-order valence-electron chi connectivity index (χ3n) is 2.86. The maximum Gasteiger partial charge on any atom is 0.262 e. The van der Waals surface area contributed by atoms with Crippen LogP contribution in [0, 0.1) is 5.82 Å². The fourth-order valence-corrected chi connectivity index (χ4v) is 2.98. The third-order valence-corrected chi connectivity index (χ3v) is 4.22. The maximum atomic E-state index is 13.2. The number of aromatic nitrogens is 3. The van der Waals surface area contributed by atoms with Gasteiger partial charge in [0.1, 0.15) is 5.82 Å². The van der Waals surface area contributed by atoms with Gasteiger partial charge in [0.15, 0.2) is 5.82 Å². The van der Waals surface area contributed by atoms with Gasteiger partial charge in [0.05, 0.1) is 10.6 Å². The fourth-order valence-electron chi connectivity index (χ4n) is 1.89. The first-order valence-corrected chi connectivity index (χ1v) is 7.78. The highest BCUT2D eigenvalue weighted by Gasteiger charge is 2.17. The topological polar surface area (TPSA) is 76.9 Å². The second kappa shape index (κ2) is 5.57. The first kappa shape index (κ1) is 14.2. The smallest absolute Gasteiger partial charge is 0.262 e. The molecule has 3 aromatic rings. The van der Waals surface area contributed by atoms with Crippen LogP contribution in [0.25, 0.3) is 5.82 Å². The zero-order valence-electron chi connectivity index (χ0n) is 11.2. The lowest BCUT2D eigenvalue weighted by molar-refractivity contribution is 0.595. The quantitative estimate of drug-likeness (QED) is 0.800. The van der Waals surface area contributed by atoms with Crippen LogP contribution in [0.1, 0.15) is 0 Å². The van der Waals surface area contributed by atoms with E-state index in [4.69, 9.17) is 0 Å². The standard InChI is InChI=1S/C14H11FN4O2S/c15-11-4-1-5-12(10-11)22(20,21)18-13-6-2-7-16-14(13)19-9-3-8-17-19/h1-10,18H. The lowest BCUT2D eigenvalue weighted by Gasteiger charge is -2.11. The Balaban J connectivity index is 2.00. The van der Waals surface area contributed by atoms with Crippen LogP contribution in [0.3, 0.4) is 0 Å². The molecule has 0 fully saturated rings. The van der Waals surface area contributed by atoms with Gasteiger partial charge in [-0.05, 0) is 36.4 Å². The number of anilines is 1. The molecule has 1 N–H and O–H groups in total. The van der Waals surface area contributed by atoms with Crippen molar-refractivity contribution in [2.45, 2.75) is 4.90 Å². The molecule has 3 rings (SSSR count). The van der Waals surface area contributed by atoms with Gasteiger partial charge in [0.2, 0.25) is 0 Å². The minimum absolute atomic E-state index is 0.164. The van der Waals surface area contributed by atoms with E-state index in [1.807, 2.05) is 0 Å². The number of sulfonamides is 1. The highest BCUT2D eigenvalue weighted by atomic mass is 32.2. The molecule has 22 heavy (non-hydrogen) atoms. The van der Waals surface area contributed by atoms with Gasteiger partial charge < -0.3 is 0 Å². The summed E-state index contributed by atoms with van der Waals surface area (Å²) in [6, 6.07) is 9.62. The molecule has 0 aliphatic rings. The van der Waals surface area contributed by atoms with Crippen LogP contribution >= 0.6 is 0 Å². The number of halogens is 1. The van der Waals surface area contributed by atoms with Crippen LogP contribution in [0.15, 0.2) is 66.0 Å². The highest BCUT2D eigenvalue weighted by molar-refractivity contribution is 7.92. The molecule has 6 nitrogen and oxygen atoms in total. The monoisotopic (exact) mass is 318 g/mol. The molecule has 0 saturated heterocycles. The molecule has 1 aromatic carbocycles. The summed E-state index contributed by atoms with van der Waals surface area (Å²) in [6.45, 7) is 0. The molecule has 2 aromatic heterocycles. The predicted molar refractivity (Wildman–Crippen MR) is 78.6 cm³/mol. The average molecular weight is 318 g/mol. The number of nitrogens with one attached hydrogen (secondary N) is 1. The van der Waals surface area contributed by atoms with Crippen LogP contribution in [-0.4, -0.2) is 23.2 Å². The molecule has 0 aliphatic heterocycles. The third kappa shape index (κ3) is 2.82. The summed E-state index contributed by atoms with van der Waals surface area (Å²) < 4.78 is 41.7. The Kier molecular flexibility index (Phi) is 3.60. The van der Waals surface area contributed by atoms with Crippen molar-refractivity contribution in [1.82, 2.24) is 14.8 Å². The molecule has 0 atom stereocenters. The molecule has 0 amide bonds. The lowest BCUT2D eigenvalue weighted by atomic mass is 10.4. The second-order valence-corrected chi connectivity index (χ2v) is 6.07. The van der Waals surface area contributed by atoms with Crippen LogP contribution in [0.2, 0.25) is 0 Å². The van der Waals surface area contributed by atoms with E-state index >= 15 is 0 Å². The summed E-state index contributed by atoms with van der Waals surface area (Å²) in [5, 5.41) is 4.02. The second-order valence-electron chi connectivity index (χ2n) is 4.39. The van der Waals surface area contributed by atoms with Gasteiger partial charge in [0.25, 0.3) is 10.0 Å². The van der Waals surface area contributed by atoms with E-state index in [2.05, 4.69) is 14.8 Å². The van der Waals surface area contributed by atoms with E-state index in [1.165, 1.54) is 29.1 Å². The van der Waals surface area contributed by atoms with Gasteiger partial charge in [-0.15, -0.1) is 0 Å². The van der Waals surface area contributed by atoms with Crippen molar-refractivity contribution in [2.75, 3.05) is 4.72 Å². The molecule has 8 heteroatoms. The largest absolute Gasteiger partial charge is 0.276 e. The number of pyridine rings is 1. The molecule has 0 unspecified atom stereocenters. The Hall–Kier alpha value is -2.74. The van der Waals surface area contributed by atoms with Gasteiger partial charge in [0, 0.05) is 18.6 Å². The molecule has 112 valence electrons. The zero-order valence-corrected chi connectivity index (χ0v) is 12.0. The highest BCUT2D eigenvalue weighted by Crippen LogP contribution is 2.21. The zero-order chi connectivity index (χ0) is 15.6. The number of rotatable bonds is 4. The van der Waals surface area contributed by atoms with Gasteiger partial charge in [-0.1, -0.05) is 6.07 Å². The average Bonchev–Trinajstić information content (AvgIpc) is 3.01. The minimum atomic E-state index is -3.92. The minimum Gasteiger partial charge on any atom is -0.276 e. The number of hydrogen-bond donors (Lipinski definition) is 1. The number of nitrogens with zero attached hydrogens (tertiary/aromatic N) is 3. The van der Waals surface area contributed by atoms with Gasteiger partial charge >= 0.3 is 0 Å². The number of hydrogen-bond acceptors (Lipinski definition) is 4.